The molecule has 0 fully saturated rings. The molecule has 0 unspecified atom stereocenters. The lowest BCUT2D eigenvalue weighted by Crippen LogP contribution is -2.08. The minimum atomic E-state index is -0.418. The summed E-state index contributed by atoms with van der Waals surface area (Å²) in [5, 5.41) is 7.95. The molecule has 0 radical (unpaired) electrons. The Kier molecular flexibility index (Phi) is 6.96. The molecule has 3 aromatic rings. The van der Waals surface area contributed by atoms with Crippen LogP contribution in [0.1, 0.15) is 17.0 Å². The second-order valence-corrected chi connectivity index (χ2v) is 6.56. The molecule has 0 saturated carbocycles. The summed E-state index contributed by atoms with van der Waals surface area (Å²) in [6, 6.07) is 8.94. The fourth-order valence-electron chi connectivity index (χ4n) is 2.97. The number of nitrogens with zero attached hydrogens (tertiary/aromatic N) is 2. The second kappa shape index (κ2) is 9.84. The maximum absolute atomic E-state index is 12.2. The summed E-state index contributed by atoms with van der Waals surface area (Å²) < 4.78 is 32.1. The number of methoxy groups -OCH3 is 4. The number of aromatic nitrogens is 2. The largest absolute Gasteiger partial charge is 0.496 e. The van der Waals surface area contributed by atoms with Crippen LogP contribution in [-0.2, 0) is 22.6 Å². The van der Waals surface area contributed by atoms with Gasteiger partial charge in [-0.1, -0.05) is 12.1 Å². The third-order valence-electron chi connectivity index (χ3n) is 4.56. The number of ether oxygens (including phenoxy) is 5. The van der Waals surface area contributed by atoms with Crippen LogP contribution in [0, 0.1) is 6.92 Å². The molecule has 0 aliphatic rings. The van der Waals surface area contributed by atoms with Gasteiger partial charge in [-0.05, 0) is 36.2 Å². The molecule has 3 rings (SSSR count). The Hall–Kier alpha value is -3.75. The van der Waals surface area contributed by atoms with E-state index < -0.39 is 5.97 Å². The minimum absolute atomic E-state index is 0.102. The SMILES string of the molecule is COc1cc(CC(=O)OCc2nnc(-c3cc(OC)c(OC)c(OC)c3)o2)ccc1C. The van der Waals surface area contributed by atoms with E-state index in [-0.39, 0.29) is 24.8 Å². The van der Waals surface area contributed by atoms with Gasteiger partial charge >= 0.3 is 5.97 Å². The zero-order valence-corrected chi connectivity index (χ0v) is 18.1. The van der Waals surface area contributed by atoms with Gasteiger partial charge in [-0.3, -0.25) is 4.79 Å². The van der Waals surface area contributed by atoms with Crippen molar-refractivity contribution in [3.8, 4) is 34.5 Å². The summed E-state index contributed by atoms with van der Waals surface area (Å²) in [6.07, 6.45) is 0.102. The van der Waals surface area contributed by atoms with E-state index >= 15 is 0 Å². The fraction of sp³-hybridized carbons (Fsp3) is 0.318. The Bertz CT molecular complexity index is 1040. The monoisotopic (exact) mass is 428 g/mol. The summed E-state index contributed by atoms with van der Waals surface area (Å²) in [6.45, 7) is 1.79. The molecule has 164 valence electrons. The molecular formula is C22H24N2O7. The van der Waals surface area contributed by atoms with Crippen LogP contribution in [0.15, 0.2) is 34.7 Å². The van der Waals surface area contributed by atoms with Crippen LogP contribution in [0.4, 0.5) is 0 Å². The van der Waals surface area contributed by atoms with Gasteiger partial charge in [0.25, 0.3) is 5.89 Å². The summed E-state index contributed by atoms with van der Waals surface area (Å²) >= 11 is 0. The van der Waals surface area contributed by atoms with Gasteiger partial charge in [-0.2, -0.15) is 0 Å². The van der Waals surface area contributed by atoms with E-state index in [0.29, 0.717) is 22.8 Å². The van der Waals surface area contributed by atoms with Crippen molar-refractivity contribution in [2.45, 2.75) is 20.0 Å². The summed E-state index contributed by atoms with van der Waals surface area (Å²) in [5.41, 5.74) is 2.35. The number of hydrogen-bond acceptors (Lipinski definition) is 9. The molecule has 0 amide bonds. The van der Waals surface area contributed by atoms with Gasteiger partial charge in [0, 0.05) is 5.56 Å². The molecule has 0 N–H and O–H groups in total. The van der Waals surface area contributed by atoms with E-state index in [1.165, 1.54) is 21.3 Å². The van der Waals surface area contributed by atoms with E-state index in [9.17, 15) is 4.79 Å². The topological polar surface area (TPSA) is 102 Å². The van der Waals surface area contributed by atoms with Crippen LogP contribution < -0.4 is 18.9 Å². The molecule has 0 aliphatic heterocycles. The standard InChI is InChI=1S/C22H24N2O7/c1-13-6-7-14(8-16(13)26-2)9-20(25)30-12-19-23-24-22(31-19)15-10-17(27-3)21(29-5)18(11-15)28-4/h6-8,10-11H,9,12H2,1-5H3. The van der Waals surface area contributed by atoms with Crippen molar-refractivity contribution < 1.29 is 32.9 Å². The van der Waals surface area contributed by atoms with Crippen LogP contribution in [0.3, 0.4) is 0 Å². The highest BCUT2D eigenvalue weighted by Crippen LogP contribution is 2.40. The third-order valence-corrected chi connectivity index (χ3v) is 4.56. The van der Waals surface area contributed by atoms with Crippen molar-refractivity contribution in [1.29, 1.82) is 0 Å². The van der Waals surface area contributed by atoms with Crippen LogP contribution >= 0.6 is 0 Å². The number of carbonyl (C=O) groups is 1. The Labute approximate surface area is 179 Å². The van der Waals surface area contributed by atoms with Crippen LogP contribution in [-0.4, -0.2) is 44.6 Å². The predicted molar refractivity (Wildman–Crippen MR) is 111 cm³/mol. The lowest BCUT2D eigenvalue weighted by Gasteiger charge is -2.12. The van der Waals surface area contributed by atoms with Gasteiger partial charge in [-0.15, -0.1) is 10.2 Å². The Balaban J connectivity index is 1.67. The molecule has 0 aliphatic carbocycles. The maximum Gasteiger partial charge on any atom is 0.310 e. The predicted octanol–water partition coefficient (Wildman–Crippen LogP) is 3.37. The molecular weight excluding hydrogens is 404 g/mol. The van der Waals surface area contributed by atoms with Crippen LogP contribution in [0.5, 0.6) is 23.0 Å². The van der Waals surface area contributed by atoms with Gasteiger partial charge < -0.3 is 28.1 Å². The minimum Gasteiger partial charge on any atom is -0.496 e. The second-order valence-electron chi connectivity index (χ2n) is 6.56. The highest BCUT2D eigenvalue weighted by Gasteiger charge is 2.18. The first-order valence-electron chi connectivity index (χ1n) is 9.41. The smallest absolute Gasteiger partial charge is 0.310 e. The van der Waals surface area contributed by atoms with E-state index in [0.717, 1.165) is 16.9 Å². The molecule has 31 heavy (non-hydrogen) atoms. The van der Waals surface area contributed by atoms with Crippen molar-refractivity contribution in [3.05, 3.63) is 47.3 Å². The first-order chi connectivity index (χ1) is 15.0. The van der Waals surface area contributed by atoms with Gasteiger partial charge in [0.2, 0.25) is 11.6 Å². The van der Waals surface area contributed by atoms with Gasteiger partial charge in [0.15, 0.2) is 18.1 Å². The summed E-state index contributed by atoms with van der Waals surface area (Å²) in [7, 11) is 6.14. The molecule has 0 saturated heterocycles. The van der Waals surface area contributed by atoms with Gasteiger partial charge in [0.05, 0.1) is 34.9 Å². The summed E-state index contributed by atoms with van der Waals surface area (Å²) in [4.78, 5) is 12.2. The quantitative estimate of drug-likeness (QED) is 0.475. The van der Waals surface area contributed by atoms with Crippen molar-refractivity contribution in [2.24, 2.45) is 0 Å². The van der Waals surface area contributed by atoms with E-state index in [1.807, 2.05) is 25.1 Å². The number of benzene rings is 2. The molecule has 0 bridgehead atoms. The summed E-state index contributed by atoms with van der Waals surface area (Å²) in [5.74, 6) is 2.06. The number of carbonyl (C=O) groups excluding carboxylic acids is 1. The molecule has 9 heteroatoms. The molecule has 0 atom stereocenters. The fourth-order valence-corrected chi connectivity index (χ4v) is 2.97. The highest BCUT2D eigenvalue weighted by molar-refractivity contribution is 5.72. The number of aryl methyl sites for hydroxylation is 1. The molecule has 9 nitrogen and oxygen atoms in total. The lowest BCUT2D eigenvalue weighted by atomic mass is 10.1. The lowest BCUT2D eigenvalue weighted by molar-refractivity contribution is -0.144. The molecule has 0 spiro atoms. The van der Waals surface area contributed by atoms with E-state index in [2.05, 4.69) is 10.2 Å². The van der Waals surface area contributed by atoms with Crippen molar-refractivity contribution in [2.75, 3.05) is 28.4 Å². The third kappa shape index (κ3) is 5.06. The van der Waals surface area contributed by atoms with Crippen molar-refractivity contribution in [3.63, 3.8) is 0 Å². The van der Waals surface area contributed by atoms with Crippen LogP contribution in [0.25, 0.3) is 11.5 Å². The normalized spacial score (nSPS) is 10.5. The average Bonchev–Trinajstić information content (AvgIpc) is 3.27. The number of hydrogen-bond donors (Lipinski definition) is 0. The maximum atomic E-state index is 12.2. The Morgan fingerprint density at radius 2 is 1.58 bits per heavy atom. The van der Waals surface area contributed by atoms with E-state index in [4.69, 9.17) is 28.1 Å². The first kappa shape index (κ1) is 21.9. The Morgan fingerprint density at radius 3 is 2.19 bits per heavy atom. The number of rotatable bonds is 9. The van der Waals surface area contributed by atoms with E-state index in [1.54, 1.807) is 19.2 Å². The first-order valence-corrected chi connectivity index (χ1v) is 9.41. The zero-order valence-electron chi connectivity index (χ0n) is 18.1. The van der Waals surface area contributed by atoms with Crippen molar-refractivity contribution in [1.82, 2.24) is 10.2 Å². The highest BCUT2D eigenvalue weighted by atomic mass is 16.5. The average molecular weight is 428 g/mol. The van der Waals surface area contributed by atoms with Crippen molar-refractivity contribution >= 4 is 5.97 Å². The molecule has 2 aromatic carbocycles. The van der Waals surface area contributed by atoms with Crippen LogP contribution in [0.2, 0.25) is 0 Å². The van der Waals surface area contributed by atoms with Gasteiger partial charge in [0.1, 0.15) is 5.75 Å². The number of esters is 1. The molecule has 1 heterocycles. The van der Waals surface area contributed by atoms with Gasteiger partial charge in [-0.25, -0.2) is 0 Å². The zero-order chi connectivity index (χ0) is 22.4. The molecule has 1 aromatic heterocycles. The Morgan fingerprint density at radius 1 is 0.903 bits per heavy atom.